The first-order valence-electron chi connectivity index (χ1n) is 6.48. The minimum absolute atomic E-state index is 0.0994. The summed E-state index contributed by atoms with van der Waals surface area (Å²) in [6, 6.07) is 2.97. The second kappa shape index (κ2) is 4.56. The van der Waals surface area contributed by atoms with Gasteiger partial charge in [-0.15, -0.1) is 0 Å². The number of ether oxygens (including phenoxy) is 1. The second-order valence-electron chi connectivity index (χ2n) is 5.90. The highest BCUT2D eigenvalue weighted by Gasteiger charge is 2.44. The van der Waals surface area contributed by atoms with Gasteiger partial charge in [-0.3, -0.25) is 4.90 Å². The molecule has 1 aliphatic carbocycles. The fraction of sp³-hybridized carbons (Fsp3) is 0.923. The fourth-order valence-electron chi connectivity index (χ4n) is 3.22. The van der Waals surface area contributed by atoms with Crippen LogP contribution in [0.3, 0.4) is 0 Å². The van der Waals surface area contributed by atoms with Crippen molar-refractivity contribution in [2.75, 3.05) is 26.8 Å². The van der Waals surface area contributed by atoms with Crippen LogP contribution in [0.25, 0.3) is 0 Å². The number of nitrogens with zero attached hydrogens (tertiary/aromatic N) is 2. The predicted octanol–water partition coefficient (Wildman–Crippen LogP) is 1.13. The Morgan fingerprint density at radius 3 is 2.76 bits per heavy atom. The van der Waals surface area contributed by atoms with Crippen molar-refractivity contribution in [1.82, 2.24) is 10.2 Å². The van der Waals surface area contributed by atoms with Gasteiger partial charge in [-0.05, 0) is 40.2 Å². The van der Waals surface area contributed by atoms with E-state index in [1.165, 1.54) is 0 Å². The van der Waals surface area contributed by atoms with Crippen molar-refractivity contribution in [3.05, 3.63) is 0 Å². The highest BCUT2D eigenvalue weighted by atomic mass is 16.5. The van der Waals surface area contributed by atoms with Crippen molar-refractivity contribution < 1.29 is 4.74 Å². The van der Waals surface area contributed by atoms with Crippen molar-refractivity contribution in [2.24, 2.45) is 0 Å². The van der Waals surface area contributed by atoms with Crippen LogP contribution in [0, 0.1) is 11.3 Å². The van der Waals surface area contributed by atoms with E-state index >= 15 is 0 Å². The molecule has 2 aliphatic rings. The van der Waals surface area contributed by atoms with Crippen LogP contribution in [0.2, 0.25) is 0 Å². The molecule has 1 N–H and O–H groups in total. The molecule has 0 aromatic carbocycles. The van der Waals surface area contributed by atoms with Gasteiger partial charge in [-0.1, -0.05) is 0 Å². The van der Waals surface area contributed by atoms with Gasteiger partial charge in [0.2, 0.25) is 0 Å². The molecule has 96 valence electrons. The quantitative estimate of drug-likeness (QED) is 0.782. The van der Waals surface area contributed by atoms with Crippen LogP contribution >= 0.6 is 0 Å². The van der Waals surface area contributed by atoms with E-state index in [-0.39, 0.29) is 11.1 Å². The smallest absolute Gasteiger partial charge is 0.108 e. The normalized spacial score (nSPS) is 37.9. The van der Waals surface area contributed by atoms with Gasteiger partial charge in [0.05, 0.1) is 19.3 Å². The van der Waals surface area contributed by atoms with Crippen LogP contribution in [-0.2, 0) is 4.74 Å². The first-order chi connectivity index (χ1) is 8.03. The molecule has 4 nitrogen and oxygen atoms in total. The van der Waals surface area contributed by atoms with E-state index in [4.69, 9.17) is 4.74 Å². The predicted molar refractivity (Wildman–Crippen MR) is 66.6 cm³/mol. The first-order valence-corrected chi connectivity index (χ1v) is 6.48. The Bertz CT molecular complexity index is 323. The SMILES string of the molecule is CNC1(C#N)CCC(N2CCOCC2(C)C)C1. The molecule has 0 spiro atoms. The van der Waals surface area contributed by atoms with Crippen molar-refractivity contribution in [3.63, 3.8) is 0 Å². The van der Waals surface area contributed by atoms with Crippen LogP contribution in [0.5, 0.6) is 0 Å². The average Bonchev–Trinajstić information content (AvgIpc) is 2.73. The van der Waals surface area contributed by atoms with E-state index in [0.29, 0.717) is 6.04 Å². The summed E-state index contributed by atoms with van der Waals surface area (Å²) < 4.78 is 5.56. The Kier molecular flexibility index (Phi) is 3.44. The molecule has 1 saturated carbocycles. The molecule has 2 unspecified atom stereocenters. The minimum Gasteiger partial charge on any atom is -0.378 e. The van der Waals surface area contributed by atoms with Crippen molar-refractivity contribution in [2.45, 2.75) is 50.2 Å². The highest BCUT2D eigenvalue weighted by Crippen LogP contribution is 2.36. The molecule has 2 rings (SSSR count). The third-order valence-electron chi connectivity index (χ3n) is 4.33. The van der Waals surface area contributed by atoms with Gasteiger partial charge in [0.1, 0.15) is 5.54 Å². The van der Waals surface area contributed by atoms with Gasteiger partial charge >= 0.3 is 0 Å². The first kappa shape index (κ1) is 12.8. The van der Waals surface area contributed by atoms with E-state index in [1.54, 1.807) is 0 Å². The third-order valence-corrected chi connectivity index (χ3v) is 4.33. The van der Waals surface area contributed by atoms with E-state index in [1.807, 2.05) is 7.05 Å². The summed E-state index contributed by atoms with van der Waals surface area (Å²) in [4.78, 5) is 2.53. The molecule has 0 radical (unpaired) electrons. The molecular weight excluding hydrogens is 214 g/mol. The zero-order chi connectivity index (χ0) is 12.5. The molecule has 1 aliphatic heterocycles. The van der Waals surface area contributed by atoms with Gasteiger partial charge in [0, 0.05) is 18.1 Å². The van der Waals surface area contributed by atoms with Gasteiger partial charge in [0.15, 0.2) is 0 Å². The summed E-state index contributed by atoms with van der Waals surface area (Å²) in [6.45, 7) is 7.07. The van der Waals surface area contributed by atoms with Crippen molar-refractivity contribution in [1.29, 1.82) is 5.26 Å². The van der Waals surface area contributed by atoms with Gasteiger partial charge in [-0.2, -0.15) is 5.26 Å². The Hall–Kier alpha value is -0.630. The van der Waals surface area contributed by atoms with E-state index < -0.39 is 0 Å². The van der Waals surface area contributed by atoms with Gasteiger partial charge in [-0.25, -0.2) is 0 Å². The lowest BCUT2D eigenvalue weighted by molar-refractivity contribution is -0.0713. The molecule has 1 saturated heterocycles. The molecule has 0 bridgehead atoms. The van der Waals surface area contributed by atoms with Gasteiger partial charge < -0.3 is 10.1 Å². The van der Waals surface area contributed by atoms with Crippen LogP contribution in [0.15, 0.2) is 0 Å². The molecule has 0 aromatic rings. The van der Waals surface area contributed by atoms with Crippen molar-refractivity contribution in [3.8, 4) is 6.07 Å². The van der Waals surface area contributed by atoms with Crippen molar-refractivity contribution >= 4 is 0 Å². The molecule has 4 heteroatoms. The zero-order valence-corrected chi connectivity index (χ0v) is 11.1. The summed E-state index contributed by atoms with van der Waals surface area (Å²) in [7, 11) is 1.90. The van der Waals surface area contributed by atoms with Crippen LogP contribution < -0.4 is 5.32 Å². The minimum atomic E-state index is -0.306. The largest absolute Gasteiger partial charge is 0.378 e. The lowest BCUT2D eigenvalue weighted by Gasteiger charge is -2.46. The monoisotopic (exact) mass is 237 g/mol. The third kappa shape index (κ3) is 2.33. The topological polar surface area (TPSA) is 48.3 Å². The summed E-state index contributed by atoms with van der Waals surface area (Å²) in [5.41, 5.74) is -0.207. The zero-order valence-electron chi connectivity index (χ0n) is 11.1. The molecule has 0 amide bonds. The molecule has 1 heterocycles. The Labute approximate surface area is 104 Å². The molecular formula is C13H23N3O. The highest BCUT2D eigenvalue weighted by molar-refractivity contribution is 5.13. The van der Waals surface area contributed by atoms with Crippen LogP contribution in [-0.4, -0.2) is 48.8 Å². The van der Waals surface area contributed by atoms with E-state index in [9.17, 15) is 5.26 Å². The van der Waals surface area contributed by atoms with E-state index in [0.717, 1.165) is 39.0 Å². The Balaban J connectivity index is 2.07. The summed E-state index contributed by atoms with van der Waals surface area (Å²) in [6.07, 6.45) is 3.00. The van der Waals surface area contributed by atoms with Gasteiger partial charge in [0.25, 0.3) is 0 Å². The van der Waals surface area contributed by atoms with E-state index in [2.05, 4.69) is 30.1 Å². The maximum atomic E-state index is 9.31. The number of rotatable bonds is 2. The number of hydrogen-bond acceptors (Lipinski definition) is 4. The molecule has 2 atom stereocenters. The number of hydrogen-bond donors (Lipinski definition) is 1. The maximum Gasteiger partial charge on any atom is 0.108 e. The number of nitrogens with one attached hydrogen (secondary N) is 1. The van der Waals surface area contributed by atoms with Crippen LogP contribution in [0.1, 0.15) is 33.1 Å². The summed E-state index contributed by atoms with van der Waals surface area (Å²) in [5, 5.41) is 12.5. The molecule has 17 heavy (non-hydrogen) atoms. The van der Waals surface area contributed by atoms with Crippen LogP contribution in [0.4, 0.5) is 0 Å². The molecule has 2 fully saturated rings. The average molecular weight is 237 g/mol. The fourth-order valence-corrected chi connectivity index (χ4v) is 3.22. The maximum absolute atomic E-state index is 9.31. The standard InChI is InChI=1S/C13H23N3O/c1-12(2)10-17-7-6-16(12)11-4-5-13(8-11,9-14)15-3/h11,15H,4-8,10H2,1-3H3. The molecule has 0 aromatic heterocycles. The lowest BCUT2D eigenvalue weighted by Crippen LogP contribution is -2.57. The lowest BCUT2D eigenvalue weighted by atomic mass is 9.96. The number of morpholine rings is 1. The summed E-state index contributed by atoms with van der Waals surface area (Å²) >= 11 is 0. The Morgan fingerprint density at radius 2 is 2.24 bits per heavy atom. The second-order valence-corrected chi connectivity index (χ2v) is 5.90. The summed E-state index contributed by atoms with van der Waals surface area (Å²) in [5.74, 6) is 0. The number of nitriles is 1. The Morgan fingerprint density at radius 1 is 1.47 bits per heavy atom.